The monoisotopic (exact) mass is 300 g/mol. The second-order valence-corrected chi connectivity index (χ2v) is 8.40. The standard InChI is InChI=1S/C14H24N2O3S/c1-13(2,3)19-12(18)16-14(11(15)17)7-9-5-4-6-10(8-14)20-9/h9-10H,4-8H2,1-3H3,(H2,15,17)(H,16,18). The molecule has 2 bridgehead atoms. The molecular formula is C14H24N2O3S. The van der Waals surface area contributed by atoms with Crippen LogP contribution in [0.15, 0.2) is 0 Å². The van der Waals surface area contributed by atoms with Gasteiger partial charge in [-0.05, 0) is 46.5 Å². The first-order chi connectivity index (χ1) is 9.20. The molecule has 6 heteroatoms. The van der Waals surface area contributed by atoms with Gasteiger partial charge in [0, 0.05) is 10.5 Å². The minimum atomic E-state index is -0.941. The average Bonchev–Trinajstić information content (AvgIpc) is 2.25. The van der Waals surface area contributed by atoms with Crippen molar-refractivity contribution >= 4 is 23.8 Å². The van der Waals surface area contributed by atoms with Crippen LogP contribution in [0.2, 0.25) is 0 Å². The molecule has 0 saturated carbocycles. The van der Waals surface area contributed by atoms with Crippen molar-refractivity contribution in [1.29, 1.82) is 0 Å². The highest BCUT2D eigenvalue weighted by atomic mass is 32.2. The zero-order chi connectivity index (χ0) is 15.0. The fourth-order valence-electron chi connectivity index (χ4n) is 3.01. The lowest BCUT2D eigenvalue weighted by atomic mass is 9.82. The molecule has 0 aromatic carbocycles. The van der Waals surface area contributed by atoms with Crippen molar-refractivity contribution in [3.05, 3.63) is 0 Å². The molecule has 3 N–H and O–H groups in total. The first-order valence-electron chi connectivity index (χ1n) is 7.17. The van der Waals surface area contributed by atoms with Crippen molar-refractivity contribution in [2.45, 2.75) is 74.5 Å². The van der Waals surface area contributed by atoms with Gasteiger partial charge in [0.15, 0.2) is 0 Å². The third-order valence-electron chi connectivity index (χ3n) is 3.80. The summed E-state index contributed by atoms with van der Waals surface area (Å²) in [6.45, 7) is 5.40. The van der Waals surface area contributed by atoms with Crippen LogP contribution in [0.1, 0.15) is 52.9 Å². The summed E-state index contributed by atoms with van der Waals surface area (Å²) in [4.78, 5) is 24.0. The van der Waals surface area contributed by atoms with E-state index in [1.165, 1.54) is 6.42 Å². The Morgan fingerprint density at radius 3 is 2.25 bits per heavy atom. The van der Waals surface area contributed by atoms with Gasteiger partial charge in [-0.2, -0.15) is 11.8 Å². The number of nitrogens with two attached hydrogens (primary N) is 1. The minimum absolute atomic E-state index is 0.407. The third-order valence-corrected chi connectivity index (χ3v) is 5.38. The van der Waals surface area contributed by atoms with Crippen LogP contribution in [0, 0.1) is 0 Å². The Hall–Kier alpha value is -0.910. The van der Waals surface area contributed by atoms with Crippen LogP contribution < -0.4 is 11.1 Å². The SMILES string of the molecule is CC(C)(C)OC(=O)NC1(C(N)=O)CC2CCCC(C1)S2. The molecule has 0 aliphatic carbocycles. The number of hydrogen-bond acceptors (Lipinski definition) is 4. The smallest absolute Gasteiger partial charge is 0.408 e. The maximum Gasteiger partial charge on any atom is 0.408 e. The molecule has 2 amide bonds. The van der Waals surface area contributed by atoms with Crippen LogP contribution in [-0.4, -0.2) is 33.6 Å². The molecule has 5 nitrogen and oxygen atoms in total. The number of carbonyl (C=O) groups is 2. The number of carbonyl (C=O) groups excluding carboxylic acids is 2. The Morgan fingerprint density at radius 1 is 1.25 bits per heavy atom. The number of amides is 2. The molecule has 114 valence electrons. The predicted molar refractivity (Wildman–Crippen MR) is 79.5 cm³/mol. The summed E-state index contributed by atoms with van der Waals surface area (Å²) in [5.41, 5.74) is 4.08. The van der Waals surface area contributed by atoms with Gasteiger partial charge in [-0.3, -0.25) is 4.79 Å². The van der Waals surface area contributed by atoms with Crippen LogP contribution in [0.3, 0.4) is 0 Å². The van der Waals surface area contributed by atoms with E-state index in [-0.39, 0.29) is 0 Å². The molecular weight excluding hydrogens is 276 g/mol. The summed E-state index contributed by atoms with van der Waals surface area (Å²) in [5, 5.41) is 3.58. The van der Waals surface area contributed by atoms with Gasteiger partial charge >= 0.3 is 6.09 Å². The van der Waals surface area contributed by atoms with E-state index >= 15 is 0 Å². The molecule has 20 heavy (non-hydrogen) atoms. The topological polar surface area (TPSA) is 81.4 Å². The largest absolute Gasteiger partial charge is 0.444 e. The van der Waals surface area contributed by atoms with Gasteiger partial charge in [0.1, 0.15) is 11.1 Å². The number of hydrogen-bond donors (Lipinski definition) is 2. The maximum atomic E-state index is 12.0. The highest BCUT2D eigenvalue weighted by Gasteiger charge is 2.48. The fourth-order valence-corrected chi connectivity index (χ4v) is 4.92. The highest BCUT2D eigenvalue weighted by molar-refractivity contribution is 8.00. The first-order valence-corrected chi connectivity index (χ1v) is 8.11. The Balaban J connectivity index is 2.10. The van der Waals surface area contributed by atoms with Crippen molar-refractivity contribution in [2.75, 3.05) is 0 Å². The normalized spacial score (nSPS) is 33.4. The second-order valence-electron chi connectivity index (χ2n) is 6.79. The summed E-state index contributed by atoms with van der Waals surface area (Å²) in [7, 11) is 0. The van der Waals surface area contributed by atoms with Gasteiger partial charge in [-0.1, -0.05) is 6.42 Å². The maximum absolute atomic E-state index is 12.0. The molecule has 0 aromatic rings. The summed E-state index contributed by atoms with van der Waals surface area (Å²) in [6, 6.07) is 0. The molecule has 2 heterocycles. The van der Waals surface area contributed by atoms with Crippen LogP contribution in [0.25, 0.3) is 0 Å². The molecule has 0 aromatic heterocycles. The zero-order valence-corrected chi connectivity index (χ0v) is 13.2. The lowest BCUT2D eigenvalue weighted by Gasteiger charge is -2.45. The van der Waals surface area contributed by atoms with Gasteiger partial charge in [-0.25, -0.2) is 4.79 Å². The second kappa shape index (κ2) is 5.47. The molecule has 0 spiro atoms. The van der Waals surface area contributed by atoms with Crippen molar-refractivity contribution in [1.82, 2.24) is 5.32 Å². The predicted octanol–water partition coefficient (Wildman–Crippen LogP) is 2.18. The average molecular weight is 300 g/mol. The van der Waals surface area contributed by atoms with Gasteiger partial charge < -0.3 is 15.8 Å². The van der Waals surface area contributed by atoms with E-state index in [1.807, 2.05) is 11.8 Å². The van der Waals surface area contributed by atoms with Gasteiger partial charge in [0.2, 0.25) is 5.91 Å². The molecule has 2 unspecified atom stereocenters. The van der Waals surface area contributed by atoms with Crippen LogP contribution in [-0.2, 0) is 9.53 Å². The third kappa shape index (κ3) is 3.59. The van der Waals surface area contributed by atoms with E-state index in [0.717, 1.165) is 12.8 Å². The van der Waals surface area contributed by atoms with E-state index in [9.17, 15) is 9.59 Å². The van der Waals surface area contributed by atoms with Crippen molar-refractivity contribution in [3.63, 3.8) is 0 Å². The fraction of sp³-hybridized carbons (Fsp3) is 0.857. The summed E-state index contributed by atoms with van der Waals surface area (Å²) < 4.78 is 5.27. The summed E-state index contributed by atoms with van der Waals surface area (Å²) >= 11 is 1.93. The number of thioether (sulfide) groups is 1. The number of ether oxygens (including phenoxy) is 1. The minimum Gasteiger partial charge on any atom is -0.444 e. The lowest BCUT2D eigenvalue weighted by Crippen LogP contribution is -2.62. The van der Waals surface area contributed by atoms with E-state index in [2.05, 4.69) is 5.32 Å². The highest BCUT2D eigenvalue weighted by Crippen LogP contribution is 2.45. The Kier molecular flexibility index (Phi) is 4.23. The van der Waals surface area contributed by atoms with Crippen LogP contribution in [0.4, 0.5) is 4.79 Å². The zero-order valence-electron chi connectivity index (χ0n) is 12.4. The van der Waals surface area contributed by atoms with Crippen molar-refractivity contribution < 1.29 is 14.3 Å². The quantitative estimate of drug-likeness (QED) is 0.819. The van der Waals surface area contributed by atoms with Crippen molar-refractivity contribution in [3.8, 4) is 0 Å². The number of primary amides is 1. The number of fused-ring (bicyclic) bond motifs is 2. The molecule has 2 aliphatic rings. The molecule has 2 atom stereocenters. The molecule has 2 saturated heterocycles. The molecule has 2 rings (SSSR count). The summed E-state index contributed by atoms with van der Waals surface area (Å²) in [5.74, 6) is -0.444. The van der Waals surface area contributed by atoms with Crippen LogP contribution in [0.5, 0.6) is 0 Å². The Labute approximate surface area is 124 Å². The van der Waals surface area contributed by atoms with E-state index < -0.39 is 23.1 Å². The first kappa shape index (κ1) is 15.5. The van der Waals surface area contributed by atoms with Gasteiger partial charge in [0.05, 0.1) is 0 Å². The van der Waals surface area contributed by atoms with Gasteiger partial charge in [0.25, 0.3) is 0 Å². The van der Waals surface area contributed by atoms with Gasteiger partial charge in [-0.15, -0.1) is 0 Å². The van der Waals surface area contributed by atoms with E-state index in [0.29, 0.717) is 23.3 Å². The number of alkyl carbamates (subject to hydrolysis) is 1. The van der Waals surface area contributed by atoms with E-state index in [1.54, 1.807) is 20.8 Å². The lowest BCUT2D eigenvalue weighted by molar-refractivity contribution is -0.125. The molecule has 2 aliphatic heterocycles. The summed E-state index contributed by atoms with van der Waals surface area (Å²) in [6.07, 6.45) is 4.05. The molecule has 0 radical (unpaired) electrons. The number of rotatable bonds is 2. The molecule has 2 fully saturated rings. The Bertz CT molecular complexity index is 394. The van der Waals surface area contributed by atoms with Crippen LogP contribution >= 0.6 is 11.8 Å². The Morgan fingerprint density at radius 2 is 1.80 bits per heavy atom. The number of nitrogens with one attached hydrogen (secondary N) is 1. The van der Waals surface area contributed by atoms with Crippen molar-refractivity contribution in [2.24, 2.45) is 5.73 Å². The van der Waals surface area contributed by atoms with E-state index in [4.69, 9.17) is 10.5 Å².